The van der Waals surface area contributed by atoms with E-state index in [1.807, 2.05) is 6.20 Å². The second-order valence-electron chi connectivity index (χ2n) is 6.03. The summed E-state index contributed by atoms with van der Waals surface area (Å²) in [6.45, 7) is 7.88. The number of imidazole rings is 1. The maximum Gasteiger partial charge on any atom is 0.122 e. The number of aromatic nitrogens is 2. The van der Waals surface area contributed by atoms with Crippen LogP contribution in [0.4, 0.5) is 0 Å². The summed E-state index contributed by atoms with van der Waals surface area (Å²) in [7, 11) is 0. The van der Waals surface area contributed by atoms with Gasteiger partial charge in [0.05, 0.1) is 6.54 Å². The monoisotopic (exact) mass is 262 g/mol. The normalized spacial score (nSPS) is 21.9. The molecule has 2 heterocycles. The number of piperidine rings is 1. The summed E-state index contributed by atoms with van der Waals surface area (Å²) in [6.07, 6.45) is 9.48. The molecule has 2 fully saturated rings. The molecule has 3 rings (SSSR count). The molecule has 1 aliphatic heterocycles. The third kappa shape index (κ3) is 3.57. The Hall–Kier alpha value is -0.870. The third-order valence-electron chi connectivity index (χ3n) is 4.49. The molecule has 4 nitrogen and oxygen atoms in total. The summed E-state index contributed by atoms with van der Waals surface area (Å²) < 4.78 is 2.25. The van der Waals surface area contributed by atoms with Crippen LogP contribution >= 0.6 is 0 Å². The molecule has 1 aliphatic carbocycles. The Labute approximate surface area is 116 Å². The first kappa shape index (κ1) is 13.1. The van der Waals surface area contributed by atoms with Crippen molar-refractivity contribution in [3.8, 4) is 0 Å². The SMILES string of the molecule is CCn1ccnc1CN1CCC(NCC2CC2)CC1. The van der Waals surface area contributed by atoms with Gasteiger partial charge in [0.2, 0.25) is 0 Å². The molecule has 0 atom stereocenters. The molecule has 1 aromatic heterocycles. The number of likely N-dealkylation sites (tertiary alicyclic amines) is 1. The zero-order chi connectivity index (χ0) is 13.1. The van der Waals surface area contributed by atoms with Crippen molar-refractivity contribution in [1.29, 1.82) is 0 Å². The summed E-state index contributed by atoms with van der Waals surface area (Å²) >= 11 is 0. The first-order valence-corrected chi connectivity index (χ1v) is 7.81. The van der Waals surface area contributed by atoms with Crippen LogP contribution < -0.4 is 5.32 Å². The van der Waals surface area contributed by atoms with Crippen LogP contribution in [0.25, 0.3) is 0 Å². The largest absolute Gasteiger partial charge is 0.334 e. The first-order valence-electron chi connectivity index (χ1n) is 7.81. The minimum absolute atomic E-state index is 0.753. The van der Waals surface area contributed by atoms with Gasteiger partial charge in [0.15, 0.2) is 0 Å². The lowest BCUT2D eigenvalue weighted by Gasteiger charge is -2.32. The number of hydrogen-bond acceptors (Lipinski definition) is 3. The topological polar surface area (TPSA) is 33.1 Å². The van der Waals surface area contributed by atoms with Crippen LogP contribution in [0.5, 0.6) is 0 Å². The van der Waals surface area contributed by atoms with E-state index in [4.69, 9.17) is 0 Å². The highest BCUT2D eigenvalue weighted by Gasteiger charge is 2.24. The summed E-state index contributed by atoms with van der Waals surface area (Å²) in [5, 5.41) is 3.74. The van der Waals surface area contributed by atoms with Gasteiger partial charge < -0.3 is 9.88 Å². The van der Waals surface area contributed by atoms with Crippen LogP contribution in [0.3, 0.4) is 0 Å². The van der Waals surface area contributed by atoms with Crippen molar-refractivity contribution in [2.75, 3.05) is 19.6 Å². The lowest BCUT2D eigenvalue weighted by molar-refractivity contribution is 0.184. The number of nitrogens with zero attached hydrogens (tertiary/aromatic N) is 3. The van der Waals surface area contributed by atoms with E-state index in [9.17, 15) is 0 Å². The average molecular weight is 262 g/mol. The van der Waals surface area contributed by atoms with Crippen molar-refractivity contribution in [2.24, 2.45) is 5.92 Å². The van der Waals surface area contributed by atoms with Gasteiger partial charge in [-0.05, 0) is 45.1 Å². The van der Waals surface area contributed by atoms with Crippen LogP contribution in [0, 0.1) is 5.92 Å². The van der Waals surface area contributed by atoms with Gasteiger partial charge in [0.25, 0.3) is 0 Å². The fourth-order valence-corrected chi connectivity index (χ4v) is 2.93. The van der Waals surface area contributed by atoms with Gasteiger partial charge >= 0.3 is 0 Å². The predicted molar refractivity (Wildman–Crippen MR) is 76.9 cm³/mol. The molecule has 2 aliphatic rings. The Morgan fingerprint density at radius 1 is 1.26 bits per heavy atom. The van der Waals surface area contributed by atoms with Gasteiger partial charge in [0.1, 0.15) is 5.82 Å². The van der Waals surface area contributed by atoms with E-state index in [1.54, 1.807) is 0 Å². The molecule has 0 amide bonds. The number of rotatable bonds is 6. The summed E-state index contributed by atoms with van der Waals surface area (Å²) in [6, 6.07) is 0.753. The molecule has 0 spiro atoms. The Balaban J connectivity index is 1.42. The van der Waals surface area contributed by atoms with E-state index in [0.29, 0.717) is 0 Å². The van der Waals surface area contributed by atoms with Crippen LogP contribution in [-0.2, 0) is 13.1 Å². The fourth-order valence-electron chi connectivity index (χ4n) is 2.93. The number of aryl methyl sites for hydroxylation is 1. The second-order valence-corrected chi connectivity index (χ2v) is 6.03. The fraction of sp³-hybridized carbons (Fsp3) is 0.800. The lowest BCUT2D eigenvalue weighted by atomic mass is 10.0. The van der Waals surface area contributed by atoms with Crippen LogP contribution in [-0.4, -0.2) is 40.1 Å². The van der Waals surface area contributed by atoms with Crippen molar-refractivity contribution < 1.29 is 0 Å². The van der Waals surface area contributed by atoms with Crippen LogP contribution in [0.1, 0.15) is 38.4 Å². The Kier molecular flexibility index (Phi) is 4.18. The minimum Gasteiger partial charge on any atom is -0.334 e. The summed E-state index contributed by atoms with van der Waals surface area (Å²) in [5.41, 5.74) is 0. The van der Waals surface area contributed by atoms with E-state index in [-0.39, 0.29) is 0 Å². The van der Waals surface area contributed by atoms with E-state index in [0.717, 1.165) is 25.0 Å². The minimum atomic E-state index is 0.753. The molecule has 1 N–H and O–H groups in total. The Morgan fingerprint density at radius 2 is 2.05 bits per heavy atom. The zero-order valence-corrected chi connectivity index (χ0v) is 12.0. The highest BCUT2D eigenvalue weighted by Crippen LogP contribution is 2.28. The van der Waals surface area contributed by atoms with Gasteiger partial charge in [-0.25, -0.2) is 4.98 Å². The number of nitrogens with one attached hydrogen (secondary N) is 1. The van der Waals surface area contributed by atoms with E-state index >= 15 is 0 Å². The van der Waals surface area contributed by atoms with Crippen molar-refractivity contribution in [3.05, 3.63) is 18.2 Å². The summed E-state index contributed by atoms with van der Waals surface area (Å²) in [5.74, 6) is 2.21. The molecular weight excluding hydrogens is 236 g/mol. The van der Waals surface area contributed by atoms with E-state index in [2.05, 4.69) is 32.9 Å². The molecule has 1 saturated carbocycles. The standard InChI is InChI=1S/C15H26N4/c1-2-19-10-7-16-15(19)12-18-8-5-14(6-9-18)17-11-13-3-4-13/h7,10,13-14,17H,2-6,8-9,11-12H2,1H3. The van der Waals surface area contributed by atoms with Gasteiger partial charge in [-0.15, -0.1) is 0 Å². The first-order chi connectivity index (χ1) is 9.35. The maximum absolute atomic E-state index is 4.47. The van der Waals surface area contributed by atoms with Crippen molar-refractivity contribution in [1.82, 2.24) is 19.8 Å². The maximum atomic E-state index is 4.47. The molecule has 0 aromatic carbocycles. The van der Waals surface area contributed by atoms with Gasteiger partial charge in [-0.2, -0.15) is 0 Å². The Bertz CT molecular complexity index is 389. The third-order valence-corrected chi connectivity index (χ3v) is 4.49. The van der Waals surface area contributed by atoms with Crippen LogP contribution in [0.15, 0.2) is 12.4 Å². The molecule has 1 saturated heterocycles. The summed E-state index contributed by atoms with van der Waals surface area (Å²) in [4.78, 5) is 7.02. The van der Waals surface area contributed by atoms with E-state index < -0.39 is 0 Å². The molecule has 106 valence electrons. The van der Waals surface area contributed by atoms with Crippen molar-refractivity contribution >= 4 is 0 Å². The van der Waals surface area contributed by atoms with Crippen molar-refractivity contribution in [2.45, 2.75) is 51.7 Å². The quantitative estimate of drug-likeness (QED) is 0.849. The van der Waals surface area contributed by atoms with Gasteiger partial charge in [-0.1, -0.05) is 0 Å². The van der Waals surface area contributed by atoms with Gasteiger partial charge in [-0.3, -0.25) is 4.90 Å². The highest BCUT2D eigenvalue weighted by atomic mass is 15.2. The molecule has 4 heteroatoms. The van der Waals surface area contributed by atoms with E-state index in [1.165, 1.54) is 51.1 Å². The van der Waals surface area contributed by atoms with Crippen LogP contribution in [0.2, 0.25) is 0 Å². The molecule has 19 heavy (non-hydrogen) atoms. The number of hydrogen-bond donors (Lipinski definition) is 1. The molecule has 0 unspecified atom stereocenters. The highest BCUT2D eigenvalue weighted by molar-refractivity contribution is 4.93. The zero-order valence-electron chi connectivity index (χ0n) is 12.0. The molecule has 0 bridgehead atoms. The Morgan fingerprint density at radius 3 is 2.74 bits per heavy atom. The second kappa shape index (κ2) is 6.06. The molecular formula is C15H26N4. The lowest BCUT2D eigenvalue weighted by Crippen LogP contribution is -2.43. The average Bonchev–Trinajstić information content (AvgIpc) is 3.17. The smallest absolute Gasteiger partial charge is 0.122 e. The molecule has 0 radical (unpaired) electrons. The molecule has 1 aromatic rings. The van der Waals surface area contributed by atoms with Gasteiger partial charge in [0, 0.05) is 38.1 Å². The predicted octanol–water partition coefficient (Wildman–Crippen LogP) is 1.87. The van der Waals surface area contributed by atoms with Crippen molar-refractivity contribution in [3.63, 3.8) is 0 Å².